The van der Waals surface area contributed by atoms with Gasteiger partial charge in [-0.2, -0.15) is 5.26 Å². The predicted octanol–water partition coefficient (Wildman–Crippen LogP) is 0.0878. The lowest BCUT2D eigenvalue weighted by atomic mass is 10.2. The van der Waals surface area contributed by atoms with E-state index in [0.717, 1.165) is 19.3 Å². The average Bonchev–Trinajstić information content (AvgIpc) is 2.52. The molecule has 6 heteroatoms. The maximum atomic E-state index is 11.7. The highest BCUT2D eigenvalue weighted by molar-refractivity contribution is 7.90. The van der Waals surface area contributed by atoms with Crippen LogP contribution in [0.5, 0.6) is 0 Å². The van der Waals surface area contributed by atoms with Gasteiger partial charge in [-0.15, -0.1) is 0 Å². The summed E-state index contributed by atoms with van der Waals surface area (Å²) in [7, 11) is -3.53. The highest BCUT2D eigenvalue weighted by Gasteiger charge is 2.31. The SMILES string of the molecule is CCC(C#N)S(=O)(=O)NC1CCCC1N. The van der Waals surface area contributed by atoms with Gasteiger partial charge in [0.1, 0.15) is 0 Å². The van der Waals surface area contributed by atoms with Crippen molar-refractivity contribution in [1.82, 2.24) is 4.72 Å². The third-order valence-electron chi connectivity index (χ3n) is 2.77. The van der Waals surface area contributed by atoms with Crippen LogP contribution >= 0.6 is 0 Å². The van der Waals surface area contributed by atoms with E-state index >= 15 is 0 Å². The summed E-state index contributed by atoms with van der Waals surface area (Å²) >= 11 is 0. The third kappa shape index (κ3) is 2.91. The Morgan fingerprint density at radius 1 is 1.60 bits per heavy atom. The fourth-order valence-electron chi connectivity index (χ4n) is 1.81. The molecule has 0 saturated heterocycles. The molecule has 1 fully saturated rings. The Labute approximate surface area is 90.7 Å². The maximum absolute atomic E-state index is 11.7. The molecule has 0 aromatic heterocycles. The molecular weight excluding hydrogens is 214 g/mol. The van der Waals surface area contributed by atoms with Crippen molar-refractivity contribution in [1.29, 1.82) is 5.26 Å². The number of hydrogen-bond acceptors (Lipinski definition) is 4. The van der Waals surface area contributed by atoms with Gasteiger partial charge < -0.3 is 5.73 Å². The van der Waals surface area contributed by atoms with E-state index in [1.165, 1.54) is 0 Å². The van der Waals surface area contributed by atoms with Crippen molar-refractivity contribution in [3.8, 4) is 6.07 Å². The van der Waals surface area contributed by atoms with Gasteiger partial charge in [0, 0.05) is 12.1 Å². The fraction of sp³-hybridized carbons (Fsp3) is 0.889. The lowest BCUT2D eigenvalue weighted by Crippen LogP contribution is -2.46. The van der Waals surface area contributed by atoms with E-state index < -0.39 is 15.3 Å². The minimum atomic E-state index is -3.53. The molecule has 0 aromatic carbocycles. The van der Waals surface area contributed by atoms with Crippen LogP contribution in [0.15, 0.2) is 0 Å². The van der Waals surface area contributed by atoms with Gasteiger partial charge in [0.15, 0.2) is 5.25 Å². The molecule has 0 heterocycles. The highest BCUT2D eigenvalue weighted by atomic mass is 32.2. The van der Waals surface area contributed by atoms with Gasteiger partial charge in [0.2, 0.25) is 10.0 Å². The first-order valence-corrected chi connectivity index (χ1v) is 6.72. The highest BCUT2D eigenvalue weighted by Crippen LogP contribution is 2.18. The lowest BCUT2D eigenvalue weighted by molar-refractivity contribution is 0.517. The normalized spacial score (nSPS) is 28.6. The van der Waals surface area contributed by atoms with Gasteiger partial charge in [-0.1, -0.05) is 13.3 Å². The first-order chi connectivity index (χ1) is 7.01. The molecule has 0 aromatic rings. The standard InChI is InChI=1S/C9H17N3O2S/c1-2-7(6-10)15(13,14)12-9-5-3-4-8(9)11/h7-9,12H,2-5,11H2,1H3. The summed E-state index contributed by atoms with van der Waals surface area (Å²) < 4.78 is 25.9. The topological polar surface area (TPSA) is 96.0 Å². The second-order valence-electron chi connectivity index (χ2n) is 3.89. The van der Waals surface area contributed by atoms with Crippen molar-refractivity contribution < 1.29 is 8.42 Å². The molecule has 3 atom stereocenters. The summed E-state index contributed by atoms with van der Waals surface area (Å²) in [6.45, 7) is 1.68. The molecule has 0 bridgehead atoms. The molecule has 5 nitrogen and oxygen atoms in total. The number of rotatable bonds is 4. The molecule has 3 unspecified atom stereocenters. The van der Waals surface area contributed by atoms with Gasteiger partial charge in [-0.3, -0.25) is 0 Å². The largest absolute Gasteiger partial charge is 0.326 e. The molecule has 0 spiro atoms. The minimum Gasteiger partial charge on any atom is -0.326 e. The van der Waals surface area contributed by atoms with Crippen molar-refractivity contribution in [3.63, 3.8) is 0 Å². The van der Waals surface area contributed by atoms with Crippen molar-refractivity contribution in [2.75, 3.05) is 0 Å². The summed E-state index contributed by atoms with van der Waals surface area (Å²) in [5, 5.41) is 7.73. The molecule has 1 rings (SSSR count). The van der Waals surface area contributed by atoms with Crippen LogP contribution in [0.25, 0.3) is 0 Å². The van der Waals surface area contributed by atoms with Gasteiger partial charge >= 0.3 is 0 Å². The summed E-state index contributed by atoms with van der Waals surface area (Å²) in [6.07, 6.45) is 2.85. The van der Waals surface area contributed by atoms with E-state index in [2.05, 4.69) is 4.72 Å². The van der Waals surface area contributed by atoms with Crippen molar-refractivity contribution in [2.24, 2.45) is 5.73 Å². The Morgan fingerprint density at radius 3 is 2.67 bits per heavy atom. The van der Waals surface area contributed by atoms with Crippen molar-refractivity contribution >= 4 is 10.0 Å². The average molecular weight is 231 g/mol. The molecule has 0 radical (unpaired) electrons. The van der Waals surface area contributed by atoms with Crippen LogP contribution in [0, 0.1) is 11.3 Å². The Morgan fingerprint density at radius 2 is 2.27 bits per heavy atom. The number of hydrogen-bond donors (Lipinski definition) is 2. The quantitative estimate of drug-likeness (QED) is 0.716. The first kappa shape index (κ1) is 12.4. The molecule has 1 aliphatic carbocycles. The van der Waals surface area contributed by atoms with Crippen LogP contribution in [0.4, 0.5) is 0 Å². The Hall–Kier alpha value is -0.640. The number of sulfonamides is 1. The van der Waals surface area contributed by atoms with Crippen molar-refractivity contribution in [2.45, 2.75) is 49.9 Å². The Balaban J connectivity index is 2.68. The zero-order valence-electron chi connectivity index (χ0n) is 8.81. The smallest absolute Gasteiger partial charge is 0.228 e. The molecule has 15 heavy (non-hydrogen) atoms. The van der Waals surface area contributed by atoms with E-state index in [4.69, 9.17) is 11.0 Å². The summed E-state index contributed by atoms with van der Waals surface area (Å²) in [5.41, 5.74) is 5.76. The van der Waals surface area contributed by atoms with Gasteiger partial charge in [-0.25, -0.2) is 13.1 Å². The van der Waals surface area contributed by atoms with Gasteiger partial charge in [-0.05, 0) is 19.3 Å². The van der Waals surface area contributed by atoms with E-state index in [1.54, 1.807) is 13.0 Å². The molecule has 3 N–H and O–H groups in total. The second-order valence-corrected chi connectivity index (χ2v) is 5.78. The van der Waals surface area contributed by atoms with Crippen LogP contribution in [0.2, 0.25) is 0 Å². The first-order valence-electron chi connectivity index (χ1n) is 5.17. The molecular formula is C9H17N3O2S. The predicted molar refractivity (Wildman–Crippen MR) is 57.4 cm³/mol. The lowest BCUT2D eigenvalue weighted by Gasteiger charge is -2.18. The van der Waals surface area contributed by atoms with E-state index in [-0.39, 0.29) is 12.1 Å². The van der Waals surface area contributed by atoms with Crippen molar-refractivity contribution in [3.05, 3.63) is 0 Å². The number of nitrogens with one attached hydrogen (secondary N) is 1. The second kappa shape index (κ2) is 4.92. The van der Waals surface area contributed by atoms with E-state index in [9.17, 15) is 8.42 Å². The molecule has 86 valence electrons. The van der Waals surface area contributed by atoms with Gasteiger partial charge in [0.25, 0.3) is 0 Å². The maximum Gasteiger partial charge on any atom is 0.228 e. The number of nitrogens with zero attached hydrogens (tertiary/aromatic N) is 1. The Bertz CT molecular complexity index is 347. The summed E-state index contributed by atoms with van der Waals surface area (Å²) in [6, 6.07) is 1.48. The molecule has 0 aliphatic heterocycles. The van der Waals surface area contributed by atoms with Crippen LogP contribution in [-0.4, -0.2) is 25.8 Å². The minimum absolute atomic E-state index is 0.115. The zero-order chi connectivity index (χ0) is 11.5. The summed E-state index contributed by atoms with van der Waals surface area (Å²) in [4.78, 5) is 0. The zero-order valence-corrected chi connectivity index (χ0v) is 9.63. The van der Waals surface area contributed by atoms with Crippen LogP contribution < -0.4 is 10.5 Å². The molecule has 1 aliphatic rings. The van der Waals surface area contributed by atoms with Gasteiger partial charge in [0.05, 0.1) is 6.07 Å². The summed E-state index contributed by atoms with van der Waals surface area (Å²) in [5.74, 6) is 0. The molecule has 1 saturated carbocycles. The van der Waals surface area contributed by atoms with Crippen LogP contribution in [0.1, 0.15) is 32.6 Å². The molecule has 0 amide bonds. The fourth-order valence-corrected chi connectivity index (χ4v) is 3.26. The number of nitriles is 1. The number of nitrogens with two attached hydrogens (primary N) is 1. The van der Waals surface area contributed by atoms with E-state index in [1.807, 2.05) is 0 Å². The Kier molecular flexibility index (Phi) is 4.08. The van der Waals surface area contributed by atoms with E-state index in [0.29, 0.717) is 6.42 Å². The van der Waals surface area contributed by atoms with Crippen LogP contribution in [-0.2, 0) is 10.0 Å². The monoisotopic (exact) mass is 231 g/mol. The third-order valence-corrected chi connectivity index (χ3v) is 4.59. The van der Waals surface area contributed by atoms with Crippen LogP contribution in [0.3, 0.4) is 0 Å².